The molecule has 1 atom stereocenters. The zero-order valence-electron chi connectivity index (χ0n) is 12.7. The molecule has 106 valence electrons. The van der Waals surface area contributed by atoms with E-state index < -0.39 is 0 Å². The van der Waals surface area contributed by atoms with Crippen LogP contribution >= 0.6 is 11.6 Å². The predicted octanol–water partition coefficient (Wildman–Crippen LogP) is 5.14. The van der Waals surface area contributed by atoms with Crippen LogP contribution in [0.4, 0.5) is 5.69 Å². The number of benzene rings is 1. The van der Waals surface area contributed by atoms with Crippen molar-refractivity contribution >= 4 is 17.3 Å². The zero-order chi connectivity index (χ0) is 14.9. The number of halogens is 1. The van der Waals surface area contributed by atoms with Crippen molar-refractivity contribution in [1.82, 2.24) is 4.98 Å². The molecule has 1 unspecified atom stereocenters. The van der Waals surface area contributed by atoms with Gasteiger partial charge in [0, 0.05) is 11.4 Å². The molecule has 0 saturated carbocycles. The molecule has 2 aromatic rings. The summed E-state index contributed by atoms with van der Waals surface area (Å²) in [5.41, 5.74) is 6.81. The van der Waals surface area contributed by atoms with Crippen molar-refractivity contribution in [3.63, 3.8) is 0 Å². The second-order valence-corrected chi connectivity index (χ2v) is 5.84. The van der Waals surface area contributed by atoms with Gasteiger partial charge in [0.2, 0.25) is 0 Å². The molecule has 3 heteroatoms. The van der Waals surface area contributed by atoms with Crippen LogP contribution in [0.15, 0.2) is 24.3 Å². The summed E-state index contributed by atoms with van der Waals surface area (Å²) in [7, 11) is 0. The Kier molecular flexibility index (Phi) is 4.34. The Labute approximate surface area is 126 Å². The summed E-state index contributed by atoms with van der Waals surface area (Å²) in [5, 5.41) is 4.24. The summed E-state index contributed by atoms with van der Waals surface area (Å²) in [6.45, 7) is 10.4. The van der Waals surface area contributed by atoms with Gasteiger partial charge in [-0.15, -0.1) is 0 Å². The average molecular weight is 289 g/mol. The Morgan fingerprint density at radius 3 is 2.45 bits per heavy atom. The lowest BCUT2D eigenvalue weighted by molar-refractivity contribution is 0.843. The standard InChI is InChI=1S/C17H21ClN2/c1-10-6-7-15(18)16(8-10)20-14(5)17-11(2)9-12(3)19-13(17)4/h6-9,14,20H,1-5H3. The monoisotopic (exact) mass is 288 g/mol. The Hall–Kier alpha value is -1.54. The zero-order valence-corrected chi connectivity index (χ0v) is 13.5. The maximum absolute atomic E-state index is 6.25. The molecule has 0 bridgehead atoms. The van der Waals surface area contributed by atoms with Gasteiger partial charge in [0.1, 0.15) is 0 Å². The summed E-state index contributed by atoms with van der Waals surface area (Å²) in [4.78, 5) is 4.56. The van der Waals surface area contributed by atoms with Gasteiger partial charge in [-0.3, -0.25) is 4.98 Å². The molecule has 0 spiro atoms. The molecule has 0 radical (unpaired) electrons. The Morgan fingerprint density at radius 2 is 1.80 bits per heavy atom. The number of nitrogens with zero attached hydrogens (tertiary/aromatic N) is 1. The SMILES string of the molecule is Cc1ccc(Cl)c(NC(C)c2c(C)cc(C)nc2C)c1. The normalized spacial score (nSPS) is 12.3. The molecule has 20 heavy (non-hydrogen) atoms. The maximum atomic E-state index is 6.25. The summed E-state index contributed by atoms with van der Waals surface area (Å²) < 4.78 is 0. The van der Waals surface area contributed by atoms with E-state index in [-0.39, 0.29) is 6.04 Å². The molecule has 1 heterocycles. The number of pyridine rings is 1. The van der Waals surface area contributed by atoms with Crippen LogP contribution in [0.25, 0.3) is 0 Å². The Balaban J connectivity index is 2.33. The van der Waals surface area contributed by atoms with Crippen LogP contribution in [0.5, 0.6) is 0 Å². The summed E-state index contributed by atoms with van der Waals surface area (Å²) >= 11 is 6.25. The van der Waals surface area contributed by atoms with E-state index in [1.807, 2.05) is 19.1 Å². The largest absolute Gasteiger partial charge is 0.377 e. The topological polar surface area (TPSA) is 24.9 Å². The minimum atomic E-state index is 0.169. The summed E-state index contributed by atoms with van der Waals surface area (Å²) in [6.07, 6.45) is 0. The smallest absolute Gasteiger partial charge is 0.0637 e. The van der Waals surface area contributed by atoms with Crippen molar-refractivity contribution in [3.8, 4) is 0 Å². The number of aromatic nitrogens is 1. The lowest BCUT2D eigenvalue weighted by atomic mass is 10.00. The fourth-order valence-corrected chi connectivity index (χ4v) is 2.92. The highest BCUT2D eigenvalue weighted by Crippen LogP contribution is 2.29. The van der Waals surface area contributed by atoms with Crippen LogP contribution in [0.3, 0.4) is 0 Å². The van der Waals surface area contributed by atoms with Crippen LogP contribution in [-0.4, -0.2) is 4.98 Å². The quantitative estimate of drug-likeness (QED) is 0.845. The molecule has 1 N–H and O–H groups in total. The molecule has 2 rings (SSSR count). The molecular weight excluding hydrogens is 268 g/mol. The number of hydrogen-bond acceptors (Lipinski definition) is 2. The fraction of sp³-hybridized carbons (Fsp3) is 0.353. The highest BCUT2D eigenvalue weighted by molar-refractivity contribution is 6.33. The van der Waals surface area contributed by atoms with Gasteiger partial charge in [0.25, 0.3) is 0 Å². The predicted molar refractivity (Wildman–Crippen MR) is 86.7 cm³/mol. The van der Waals surface area contributed by atoms with Gasteiger partial charge < -0.3 is 5.32 Å². The number of nitrogens with one attached hydrogen (secondary N) is 1. The molecule has 0 amide bonds. The molecule has 2 nitrogen and oxygen atoms in total. The van der Waals surface area contributed by atoms with Crippen LogP contribution < -0.4 is 5.32 Å². The lowest BCUT2D eigenvalue weighted by Gasteiger charge is -2.21. The molecular formula is C17H21ClN2. The van der Waals surface area contributed by atoms with E-state index in [2.05, 4.69) is 50.1 Å². The number of rotatable bonds is 3. The van der Waals surface area contributed by atoms with E-state index in [4.69, 9.17) is 11.6 Å². The Bertz CT molecular complexity index is 612. The van der Waals surface area contributed by atoms with E-state index >= 15 is 0 Å². The van der Waals surface area contributed by atoms with Crippen molar-refractivity contribution < 1.29 is 0 Å². The molecule has 0 aliphatic heterocycles. The van der Waals surface area contributed by atoms with Gasteiger partial charge in [-0.05, 0) is 69.5 Å². The van der Waals surface area contributed by atoms with Crippen LogP contribution in [-0.2, 0) is 0 Å². The van der Waals surface area contributed by atoms with Crippen LogP contribution in [0.2, 0.25) is 5.02 Å². The van der Waals surface area contributed by atoms with Gasteiger partial charge in [0.05, 0.1) is 16.8 Å². The molecule has 0 saturated heterocycles. The first-order valence-corrected chi connectivity index (χ1v) is 7.23. The van der Waals surface area contributed by atoms with Crippen molar-refractivity contribution in [2.45, 2.75) is 40.7 Å². The van der Waals surface area contributed by atoms with Gasteiger partial charge in [0.15, 0.2) is 0 Å². The molecule has 0 aliphatic carbocycles. The van der Waals surface area contributed by atoms with E-state index in [9.17, 15) is 0 Å². The molecule has 1 aromatic heterocycles. The number of anilines is 1. The highest BCUT2D eigenvalue weighted by atomic mass is 35.5. The third-order valence-corrected chi connectivity index (χ3v) is 3.84. The highest BCUT2D eigenvalue weighted by Gasteiger charge is 2.14. The van der Waals surface area contributed by atoms with E-state index in [1.54, 1.807) is 0 Å². The number of aryl methyl sites for hydroxylation is 4. The molecule has 0 aliphatic rings. The second-order valence-electron chi connectivity index (χ2n) is 5.43. The van der Waals surface area contributed by atoms with Gasteiger partial charge in [-0.2, -0.15) is 0 Å². The van der Waals surface area contributed by atoms with Crippen LogP contribution in [0, 0.1) is 27.7 Å². The summed E-state index contributed by atoms with van der Waals surface area (Å²) in [5.74, 6) is 0. The first-order chi connectivity index (χ1) is 9.38. The van der Waals surface area contributed by atoms with E-state index in [0.29, 0.717) is 0 Å². The van der Waals surface area contributed by atoms with Crippen molar-refractivity contribution in [2.24, 2.45) is 0 Å². The van der Waals surface area contributed by atoms with E-state index in [1.165, 1.54) is 16.7 Å². The third-order valence-electron chi connectivity index (χ3n) is 3.51. The Morgan fingerprint density at radius 1 is 1.10 bits per heavy atom. The first-order valence-electron chi connectivity index (χ1n) is 6.86. The fourth-order valence-electron chi connectivity index (χ4n) is 2.74. The van der Waals surface area contributed by atoms with Crippen molar-refractivity contribution in [3.05, 3.63) is 57.4 Å². The number of hydrogen-bond donors (Lipinski definition) is 1. The van der Waals surface area contributed by atoms with E-state index in [0.717, 1.165) is 22.1 Å². The first kappa shape index (κ1) is 14.9. The van der Waals surface area contributed by atoms with Crippen molar-refractivity contribution in [2.75, 3.05) is 5.32 Å². The average Bonchev–Trinajstić information content (AvgIpc) is 2.32. The second kappa shape index (κ2) is 5.84. The van der Waals surface area contributed by atoms with Gasteiger partial charge in [-0.25, -0.2) is 0 Å². The minimum Gasteiger partial charge on any atom is -0.377 e. The molecule has 0 fully saturated rings. The van der Waals surface area contributed by atoms with Gasteiger partial charge in [-0.1, -0.05) is 17.7 Å². The van der Waals surface area contributed by atoms with Crippen molar-refractivity contribution in [1.29, 1.82) is 0 Å². The van der Waals surface area contributed by atoms with Crippen LogP contribution in [0.1, 0.15) is 41.0 Å². The summed E-state index contributed by atoms with van der Waals surface area (Å²) in [6, 6.07) is 8.31. The lowest BCUT2D eigenvalue weighted by Crippen LogP contribution is -2.12. The minimum absolute atomic E-state index is 0.169. The third kappa shape index (κ3) is 3.13. The molecule has 1 aromatic carbocycles. The maximum Gasteiger partial charge on any atom is 0.0637 e. The van der Waals surface area contributed by atoms with Gasteiger partial charge >= 0.3 is 0 Å².